The highest BCUT2D eigenvalue weighted by molar-refractivity contribution is 5.81. The lowest BCUT2D eigenvalue weighted by Gasteiger charge is -2.29. The van der Waals surface area contributed by atoms with Crippen molar-refractivity contribution in [3.05, 3.63) is 0 Å². The maximum Gasteiger partial charge on any atom is 0.322 e. The average molecular weight is 350 g/mol. The average Bonchev–Trinajstić information content (AvgIpc) is 2.46. The van der Waals surface area contributed by atoms with Gasteiger partial charge in [0, 0.05) is 26.2 Å². The van der Waals surface area contributed by atoms with Crippen LogP contribution in [0.25, 0.3) is 0 Å². The van der Waals surface area contributed by atoms with Crippen LogP contribution in [0, 0.1) is 0 Å². The first-order valence-corrected chi connectivity index (χ1v) is 7.01. The van der Waals surface area contributed by atoms with Crippen LogP contribution >= 0.6 is 0 Å². The van der Waals surface area contributed by atoms with Gasteiger partial charge in [-0.3, -0.25) is 24.6 Å². The van der Waals surface area contributed by atoms with Crippen molar-refractivity contribution in [3.63, 3.8) is 0 Å². The third-order valence-electron chi connectivity index (χ3n) is 2.91. The van der Waals surface area contributed by atoms with Crippen molar-refractivity contribution in [2.45, 2.75) is 24.9 Å². The number of carboxylic acid groups (broad SMARTS) is 4. The fraction of sp³-hybridized carbons (Fsp3) is 0.667. The summed E-state index contributed by atoms with van der Waals surface area (Å²) in [6.07, 6.45) is -1.33. The standard InChI is InChI=1S/C12H22N4O8/c13-1-2-15-16(8(12(23)24)6-10(19)20)4-3-14-7(11(21)22)5-9(17)18/h7-8,14-15H,1-6,13H2,(H,17,18)(H,19,20)(H,21,22)(H,23,24). The molecule has 0 aromatic rings. The van der Waals surface area contributed by atoms with Gasteiger partial charge in [-0.1, -0.05) is 0 Å². The molecule has 138 valence electrons. The van der Waals surface area contributed by atoms with Crippen molar-refractivity contribution in [2.75, 3.05) is 26.2 Å². The first-order chi connectivity index (χ1) is 11.2. The summed E-state index contributed by atoms with van der Waals surface area (Å²) in [7, 11) is 0. The Balaban J connectivity index is 4.81. The Hall–Kier alpha value is -2.28. The van der Waals surface area contributed by atoms with Crippen LogP contribution in [0.5, 0.6) is 0 Å². The Morgan fingerprint density at radius 3 is 1.92 bits per heavy atom. The zero-order valence-electron chi connectivity index (χ0n) is 12.8. The molecule has 0 aliphatic heterocycles. The van der Waals surface area contributed by atoms with Crippen LogP contribution in [-0.4, -0.2) is 87.6 Å². The molecule has 0 aromatic carbocycles. The predicted molar refractivity (Wildman–Crippen MR) is 79.1 cm³/mol. The Bertz CT molecular complexity index is 458. The van der Waals surface area contributed by atoms with E-state index in [1.165, 1.54) is 0 Å². The lowest BCUT2D eigenvalue weighted by molar-refractivity contribution is -0.151. The summed E-state index contributed by atoms with van der Waals surface area (Å²) in [4.78, 5) is 43.5. The molecule has 0 heterocycles. The largest absolute Gasteiger partial charge is 0.481 e. The summed E-state index contributed by atoms with van der Waals surface area (Å²) >= 11 is 0. The smallest absolute Gasteiger partial charge is 0.322 e. The highest BCUT2D eigenvalue weighted by atomic mass is 16.4. The summed E-state index contributed by atoms with van der Waals surface area (Å²) in [5.74, 6) is -5.35. The minimum absolute atomic E-state index is 0.0757. The number of hydrazine groups is 1. The molecule has 0 saturated carbocycles. The van der Waals surface area contributed by atoms with E-state index in [0.717, 1.165) is 5.01 Å². The second-order valence-electron chi connectivity index (χ2n) is 4.78. The van der Waals surface area contributed by atoms with E-state index < -0.39 is 48.8 Å². The van der Waals surface area contributed by atoms with E-state index in [9.17, 15) is 19.2 Å². The van der Waals surface area contributed by atoms with Crippen LogP contribution in [0.15, 0.2) is 0 Å². The first kappa shape index (κ1) is 21.7. The fourth-order valence-corrected chi connectivity index (χ4v) is 1.83. The molecule has 0 rings (SSSR count). The summed E-state index contributed by atoms with van der Waals surface area (Å²) in [6, 6.07) is -2.74. The third-order valence-corrected chi connectivity index (χ3v) is 2.91. The Labute approximate surface area is 137 Å². The molecular weight excluding hydrogens is 328 g/mol. The fourth-order valence-electron chi connectivity index (χ4n) is 1.83. The van der Waals surface area contributed by atoms with Crippen molar-refractivity contribution in [1.29, 1.82) is 0 Å². The van der Waals surface area contributed by atoms with Crippen LogP contribution in [-0.2, 0) is 19.2 Å². The second-order valence-corrected chi connectivity index (χ2v) is 4.78. The predicted octanol–water partition coefficient (Wildman–Crippen LogP) is -2.80. The first-order valence-electron chi connectivity index (χ1n) is 7.01. The van der Waals surface area contributed by atoms with Gasteiger partial charge in [-0.25, -0.2) is 5.01 Å². The van der Waals surface area contributed by atoms with Crippen molar-refractivity contribution in [3.8, 4) is 0 Å². The number of aliphatic carboxylic acids is 4. The molecule has 0 bridgehead atoms. The van der Waals surface area contributed by atoms with Gasteiger partial charge < -0.3 is 31.5 Å². The molecule has 12 nitrogen and oxygen atoms in total. The van der Waals surface area contributed by atoms with Crippen LogP contribution in [0.3, 0.4) is 0 Å². The Morgan fingerprint density at radius 1 is 0.917 bits per heavy atom. The SMILES string of the molecule is NCCNN(CCNC(CC(=O)O)C(=O)O)C(CC(=O)O)C(=O)O. The number of carboxylic acids is 4. The lowest BCUT2D eigenvalue weighted by atomic mass is 10.2. The molecule has 0 aromatic heterocycles. The van der Waals surface area contributed by atoms with Crippen molar-refractivity contribution in [2.24, 2.45) is 5.73 Å². The highest BCUT2D eigenvalue weighted by Crippen LogP contribution is 2.03. The summed E-state index contributed by atoms with van der Waals surface area (Å²) in [5.41, 5.74) is 7.97. The number of nitrogens with one attached hydrogen (secondary N) is 2. The van der Waals surface area contributed by atoms with E-state index in [1.54, 1.807) is 0 Å². The highest BCUT2D eigenvalue weighted by Gasteiger charge is 2.28. The van der Waals surface area contributed by atoms with Crippen LogP contribution in [0.1, 0.15) is 12.8 Å². The van der Waals surface area contributed by atoms with Crippen LogP contribution in [0.4, 0.5) is 0 Å². The molecular formula is C12H22N4O8. The maximum atomic E-state index is 11.2. The zero-order chi connectivity index (χ0) is 18.7. The quantitative estimate of drug-likeness (QED) is 0.159. The van der Waals surface area contributed by atoms with E-state index >= 15 is 0 Å². The third kappa shape index (κ3) is 8.99. The Morgan fingerprint density at radius 2 is 1.50 bits per heavy atom. The minimum Gasteiger partial charge on any atom is -0.481 e. The molecule has 0 radical (unpaired) electrons. The van der Waals surface area contributed by atoms with Crippen LogP contribution in [0.2, 0.25) is 0 Å². The normalized spacial score (nSPS) is 13.4. The van der Waals surface area contributed by atoms with Gasteiger partial charge in [-0.15, -0.1) is 0 Å². The maximum absolute atomic E-state index is 11.2. The van der Waals surface area contributed by atoms with Gasteiger partial charge >= 0.3 is 23.9 Å². The van der Waals surface area contributed by atoms with Gasteiger partial charge in [0.25, 0.3) is 0 Å². The monoisotopic (exact) mass is 350 g/mol. The van der Waals surface area contributed by atoms with Gasteiger partial charge in [0.15, 0.2) is 0 Å². The van der Waals surface area contributed by atoms with Crippen molar-refractivity contribution >= 4 is 23.9 Å². The van der Waals surface area contributed by atoms with Gasteiger partial charge in [0.2, 0.25) is 0 Å². The number of rotatable bonds is 14. The summed E-state index contributed by atoms with van der Waals surface area (Å²) in [5, 5.41) is 39.1. The van der Waals surface area contributed by atoms with Crippen molar-refractivity contribution < 1.29 is 39.6 Å². The van der Waals surface area contributed by atoms with Gasteiger partial charge in [-0.05, 0) is 0 Å². The summed E-state index contributed by atoms with van der Waals surface area (Å²) in [6.45, 7) is 0.194. The van der Waals surface area contributed by atoms with Gasteiger partial charge in [0.1, 0.15) is 12.1 Å². The number of nitrogens with two attached hydrogens (primary N) is 1. The molecule has 2 unspecified atom stereocenters. The van der Waals surface area contributed by atoms with Crippen molar-refractivity contribution in [1.82, 2.24) is 15.8 Å². The lowest BCUT2D eigenvalue weighted by Crippen LogP contribution is -2.54. The van der Waals surface area contributed by atoms with E-state index in [0.29, 0.717) is 0 Å². The molecule has 0 aliphatic carbocycles. The second kappa shape index (κ2) is 11.3. The molecule has 0 spiro atoms. The molecule has 8 N–H and O–H groups in total. The molecule has 2 atom stereocenters. The molecule has 0 aliphatic rings. The topological polar surface area (TPSA) is 203 Å². The van der Waals surface area contributed by atoms with Gasteiger partial charge in [0.05, 0.1) is 12.8 Å². The minimum atomic E-state index is -1.39. The summed E-state index contributed by atoms with van der Waals surface area (Å²) < 4.78 is 0. The number of hydrogen-bond donors (Lipinski definition) is 7. The van der Waals surface area contributed by atoms with E-state index in [2.05, 4.69) is 10.7 Å². The zero-order valence-corrected chi connectivity index (χ0v) is 12.8. The molecule has 24 heavy (non-hydrogen) atoms. The number of nitrogens with zero attached hydrogens (tertiary/aromatic N) is 1. The molecule has 0 amide bonds. The van der Waals surface area contributed by atoms with Crippen LogP contribution < -0.4 is 16.5 Å². The molecule has 12 heteroatoms. The van der Waals surface area contributed by atoms with E-state index in [4.69, 9.17) is 26.2 Å². The molecule has 0 saturated heterocycles. The van der Waals surface area contributed by atoms with Gasteiger partial charge in [-0.2, -0.15) is 0 Å². The molecule has 0 fully saturated rings. The van der Waals surface area contributed by atoms with E-state index in [1.807, 2.05) is 0 Å². The Kier molecular flexibility index (Phi) is 10.2. The number of carbonyl (C=O) groups is 4. The van der Waals surface area contributed by atoms with E-state index in [-0.39, 0.29) is 26.2 Å². The number of hydrogen-bond acceptors (Lipinski definition) is 8.